The average Bonchev–Trinajstić information content (AvgIpc) is 3.15. The lowest BCUT2D eigenvalue weighted by Crippen LogP contribution is -2.37. The number of hydrogen-bond donors (Lipinski definition) is 1. The SMILES string of the molecule is O=C(NCCN1C(=O)SC(=Cc2ccccc2Cl)C1=O)c1ccc(Br)o1. The van der Waals surface area contributed by atoms with Gasteiger partial charge in [-0.25, -0.2) is 0 Å². The zero-order valence-electron chi connectivity index (χ0n) is 13.2. The van der Waals surface area contributed by atoms with Crippen molar-refractivity contribution in [3.63, 3.8) is 0 Å². The van der Waals surface area contributed by atoms with Crippen molar-refractivity contribution in [1.29, 1.82) is 0 Å². The van der Waals surface area contributed by atoms with Gasteiger partial charge in [0.1, 0.15) is 0 Å². The first-order chi connectivity index (χ1) is 12.5. The third-order valence-corrected chi connectivity index (χ3v) is 5.16. The van der Waals surface area contributed by atoms with Gasteiger partial charge in [0, 0.05) is 18.1 Å². The molecule has 1 aliphatic heterocycles. The smallest absolute Gasteiger partial charge is 0.293 e. The maximum Gasteiger partial charge on any atom is 0.293 e. The van der Waals surface area contributed by atoms with Gasteiger partial charge in [0.15, 0.2) is 10.4 Å². The number of thioether (sulfide) groups is 1. The summed E-state index contributed by atoms with van der Waals surface area (Å²) in [7, 11) is 0. The number of rotatable bonds is 5. The Morgan fingerprint density at radius 1 is 1.27 bits per heavy atom. The van der Waals surface area contributed by atoms with Gasteiger partial charge in [-0.05, 0) is 57.5 Å². The van der Waals surface area contributed by atoms with Gasteiger partial charge in [-0.1, -0.05) is 29.8 Å². The normalized spacial score (nSPS) is 15.8. The van der Waals surface area contributed by atoms with Gasteiger partial charge >= 0.3 is 0 Å². The van der Waals surface area contributed by atoms with Crippen LogP contribution in [-0.2, 0) is 4.79 Å². The number of benzene rings is 1. The number of nitrogens with one attached hydrogen (secondary N) is 1. The molecule has 6 nitrogen and oxygen atoms in total. The number of hydrogen-bond acceptors (Lipinski definition) is 5. The van der Waals surface area contributed by atoms with Gasteiger partial charge in [-0.15, -0.1) is 0 Å². The van der Waals surface area contributed by atoms with E-state index in [1.54, 1.807) is 36.4 Å². The molecule has 1 N–H and O–H groups in total. The van der Waals surface area contributed by atoms with Crippen LogP contribution >= 0.6 is 39.3 Å². The van der Waals surface area contributed by atoms with Crippen molar-refractivity contribution < 1.29 is 18.8 Å². The Kier molecular flexibility index (Phi) is 5.85. The molecule has 2 aromatic rings. The molecule has 0 atom stereocenters. The minimum atomic E-state index is -0.422. The Bertz CT molecular complexity index is 912. The quantitative estimate of drug-likeness (QED) is 0.685. The molecule has 1 aliphatic rings. The molecule has 0 aliphatic carbocycles. The molecule has 1 aromatic carbocycles. The van der Waals surface area contributed by atoms with Gasteiger partial charge in [-0.2, -0.15) is 0 Å². The minimum Gasteiger partial charge on any atom is -0.444 e. The van der Waals surface area contributed by atoms with Gasteiger partial charge < -0.3 is 9.73 Å². The van der Waals surface area contributed by atoms with Crippen molar-refractivity contribution in [3.05, 3.63) is 62.3 Å². The Morgan fingerprint density at radius 3 is 2.73 bits per heavy atom. The van der Waals surface area contributed by atoms with Crippen molar-refractivity contribution in [2.45, 2.75) is 0 Å². The summed E-state index contributed by atoms with van der Waals surface area (Å²) in [5, 5.41) is 2.72. The molecule has 2 heterocycles. The lowest BCUT2D eigenvalue weighted by Gasteiger charge is -2.12. The Hall–Kier alpha value is -2.03. The standard InChI is InChI=1S/C17H12BrClN2O4S/c18-14-6-5-12(25-14)15(22)20-7-8-21-16(23)13(26-17(21)24)9-10-3-1-2-4-11(10)19/h1-6,9H,7-8H2,(H,20,22). The van der Waals surface area contributed by atoms with Crippen LogP contribution in [-0.4, -0.2) is 35.0 Å². The third-order valence-electron chi connectivity index (χ3n) is 3.48. The zero-order chi connectivity index (χ0) is 18.7. The monoisotopic (exact) mass is 454 g/mol. The fourth-order valence-electron chi connectivity index (χ4n) is 2.23. The van der Waals surface area contributed by atoms with Gasteiger partial charge in [0.2, 0.25) is 0 Å². The fraction of sp³-hybridized carbons (Fsp3) is 0.118. The molecule has 0 unspecified atom stereocenters. The Balaban J connectivity index is 1.61. The number of imide groups is 1. The summed E-state index contributed by atoms with van der Waals surface area (Å²) < 4.78 is 5.58. The van der Waals surface area contributed by atoms with E-state index in [9.17, 15) is 14.4 Å². The van der Waals surface area contributed by atoms with E-state index in [4.69, 9.17) is 16.0 Å². The maximum atomic E-state index is 12.4. The second-order valence-electron chi connectivity index (χ2n) is 5.21. The maximum absolute atomic E-state index is 12.4. The van der Waals surface area contributed by atoms with Crippen LogP contribution in [0.3, 0.4) is 0 Å². The predicted octanol–water partition coefficient (Wildman–Crippen LogP) is 4.16. The lowest BCUT2D eigenvalue weighted by molar-refractivity contribution is -0.122. The van der Waals surface area contributed by atoms with Crippen LogP contribution < -0.4 is 5.32 Å². The van der Waals surface area contributed by atoms with Crippen LogP contribution in [0.5, 0.6) is 0 Å². The van der Waals surface area contributed by atoms with E-state index in [0.717, 1.165) is 16.7 Å². The molecule has 1 aromatic heterocycles. The minimum absolute atomic E-state index is 0.0676. The van der Waals surface area contributed by atoms with Crippen LogP contribution in [0, 0.1) is 0 Å². The molecule has 3 rings (SSSR count). The van der Waals surface area contributed by atoms with Crippen LogP contribution in [0.1, 0.15) is 16.1 Å². The number of carbonyl (C=O) groups is 3. The number of furan rings is 1. The molecule has 0 saturated carbocycles. The van der Waals surface area contributed by atoms with Crippen LogP contribution in [0.2, 0.25) is 5.02 Å². The zero-order valence-corrected chi connectivity index (χ0v) is 16.4. The van der Waals surface area contributed by atoms with Gasteiger partial charge in [0.05, 0.1) is 4.91 Å². The van der Waals surface area contributed by atoms with E-state index in [-0.39, 0.29) is 24.1 Å². The summed E-state index contributed by atoms with van der Waals surface area (Å²) in [6.07, 6.45) is 1.59. The Morgan fingerprint density at radius 2 is 2.04 bits per heavy atom. The molecule has 1 saturated heterocycles. The Labute approximate surface area is 166 Å². The second kappa shape index (κ2) is 8.11. The van der Waals surface area contributed by atoms with E-state index in [1.807, 2.05) is 0 Å². The van der Waals surface area contributed by atoms with Crippen molar-refractivity contribution in [2.75, 3.05) is 13.1 Å². The summed E-state index contributed by atoms with van der Waals surface area (Å²) in [5.74, 6) is -0.686. The summed E-state index contributed by atoms with van der Waals surface area (Å²) >= 11 is 10.0. The first-order valence-corrected chi connectivity index (χ1v) is 9.48. The van der Waals surface area contributed by atoms with Crippen LogP contribution in [0.15, 0.2) is 50.4 Å². The van der Waals surface area contributed by atoms with E-state index in [1.165, 1.54) is 6.07 Å². The largest absolute Gasteiger partial charge is 0.444 e. The van der Waals surface area contributed by atoms with E-state index in [2.05, 4.69) is 21.2 Å². The highest BCUT2D eigenvalue weighted by Crippen LogP contribution is 2.33. The van der Waals surface area contributed by atoms with Crippen molar-refractivity contribution >= 4 is 62.4 Å². The molecule has 0 bridgehead atoms. The molecular formula is C17H12BrClN2O4S. The van der Waals surface area contributed by atoms with Crippen LogP contribution in [0.25, 0.3) is 6.08 Å². The van der Waals surface area contributed by atoms with Crippen molar-refractivity contribution in [3.8, 4) is 0 Å². The molecular weight excluding hydrogens is 444 g/mol. The molecule has 1 fully saturated rings. The van der Waals surface area contributed by atoms with E-state index >= 15 is 0 Å². The topological polar surface area (TPSA) is 79.6 Å². The highest BCUT2D eigenvalue weighted by atomic mass is 79.9. The number of nitrogens with zero attached hydrogens (tertiary/aromatic N) is 1. The number of amides is 3. The summed E-state index contributed by atoms with van der Waals surface area (Å²) in [5.41, 5.74) is 0.663. The van der Waals surface area contributed by atoms with Crippen molar-refractivity contribution in [2.24, 2.45) is 0 Å². The van der Waals surface area contributed by atoms with Crippen molar-refractivity contribution in [1.82, 2.24) is 10.2 Å². The number of carbonyl (C=O) groups excluding carboxylic acids is 3. The first kappa shape index (κ1) is 18.8. The van der Waals surface area contributed by atoms with Gasteiger partial charge in [-0.3, -0.25) is 19.3 Å². The molecule has 3 amide bonds. The summed E-state index contributed by atoms with van der Waals surface area (Å²) in [4.78, 5) is 37.8. The first-order valence-electron chi connectivity index (χ1n) is 7.49. The highest BCUT2D eigenvalue weighted by molar-refractivity contribution is 9.10. The second-order valence-corrected chi connectivity index (χ2v) is 7.40. The van der Waals surface area contributed by atoms with E-state index < -0.39 is 11.8 Å². The summed E-state index contributed by atoms with van der Waals surface area (Å²) in [6, 6.07) is 10.2. The molecule has 134 valence electrons. The third kappa shape index (κ3) is 4.20. The fourth-order valence-corrected chi connectivity index (χ4v) is 3.58. The number of halogens is 2. The van der Waals surface area contributed by atoms with Gasteiger partial charge in [0.25, 0.3) is 17.1 Å². The molecule has 0 spiro atoms. The summed E-state index contributed by atoms with van der Waals surface area (Å²) in [6.45, 7) is 0.187. The predicted molar refractivity (Wildman–Crippen MR) is 103 cm³/mol. The van der Waals surface area contributed by atoms with E-state index in [0.29, 0.717) is 20.2 Å². The molecule has 26 heavy (non-hydrogen) atoms. The average molecular weight is 456 g/mol. The highest BCUT2D eigenvalue weighted by Gasteiger charge is 2.34. The molecule has 9 heteroatoms. The molecule has 0 radical (unpaired) electrons. The van der Waals surface area contributed by atoms with Crippen LogP contribution in [0.4, 0.5) is 4.79 Å². The lowest BCUT2D eigenvalue weighted by atomic mass is 10.2.